The van der Waals surface area contributed by atoms with Gasteiger partial charge in [0.25, 0.3) is 5.91 Å². The number of hydrogen-bond donors (Lipinski definition) is 1. The van der Waals surface area contributed by atoms with Gasteiger partial charge in [-0.15, -0.1) is 0 Å². The van der Waals surface area contributed by atoms with Gasteiger partial charge in [-0.3, -0.25) is 4.79 Å². The van der Waals surface area contributed by atoms with Gasteiger partial charge in [0.05, 0.1) is 0 Å². The van der Waals surface area contributed by atoms with Crippen molar-refractivity contribution in [2.75, 3.05) is 0 Å². The van der Waals surface area contributed by atoms with Crippen LogP contribution in [0.25, 0.3) is 0 Å². The molecule has 0 aromatic heterocycles. The molecule has 0 radical (unpaired) electrons. The smallest absolute Gasteiger partial charge is 0.296 e. The summed E-state index contributed by atoms with van der Waals surface area (Å²) in [5.74, 6) is 4.84. The van der Waals surface area contributed by atoms with Crippen molar-refractivity contribution in [1.29, 1.82) is 0 Å². The third kappa shape index (κ3) is 4.44. The maximum absolute atomic E-state index is 10.9. The minimum atomic E-state index is -0.166. The Morgan fingerprint density at radius 1 is 1.55 bits per heavy atom. The summed E-state index contributed by atoms with van der Waals surface area (Å²) in [6.07, 6.45) is 1.93. The molecule has 0 aliphatic heterocycles. The fourth-order valence-corrected chi connectivity index (χ4v) is 0.828. The van der Waals surface area contributed by atoms with E-state index in [1.807, 2.05) is 13.8 Å². The first-order valence-corrected chi connectivity index (χ1v) is 3.97. The topological polar surface area (TPSA) is 29.1 Å². The van der Waals surface area contributed by atoms with Gasteiger partial charge < -0.3 is 5.32 Å². The molecule has 11 heavy (non-hydrogen) atoms. The van der Waals surface area contributed by atoms with E-state index in [1.54, 1.807) is 6.92 Å². The van der Waals surface area contributed by atoms with E-state index in [9.17, 15) is 4.79 Å². The Morgan fingerprint density at radius 3 is 2.45 bits per heavy atom. The highest BCUT2D eigenvalue weighted by Gasteiger charge is 2.04. The number of carbonyl (C=O) groups is 1. The zero-order chi connectivity index (χ0) is 8.69. The van der Waals surface area contributed by atoms with Crippen LogP contribution in [0.3, 0.4) is 0 Å². The van der Waals surface area contributed by atoms with Crippen LogP contribution >= 0.6 is 0 Å². The second-order valence-electron chi connectivity index (χ2n) is 2.36. The normalized spacial score (nSPS) is 8.73. The molecule has 0 aromatic carbocycles. The van der Waals surface area contributed by atoms with Gasteiger partial charge in [-0.05, 0) is 25.7 Å². The molecule has 2 nitrogen and oxygen atoms in total. The van der Waals surface area contributed by atoms with E-state index in [4.69, 9.17) is 0 Å². The van der Waals surface area contributed by atoms with Crippen LogP contribution in [-0.2, 0) is 4.79 Å². The third-order valence-electron chi connectivity index (χ3n) is 1.56. The van der Waals surface area contributed by atoms with Crippen molar-refractivity contribution < 1.29 is 6.22 Å². The summed E-state index contributed by atoms with van der Waals surface area (Å²) in [6.45, 7) is 5.76. The average Bonchev–Trinajstić information content (AvgIpc) is 2.01. The number of rotatable bonds is 3. The average molecular weight is 155 g/mol. The third-order valence-corrected chi connectivity index (χ3v) is 1.56. The van der Waals surface area contributed by atoms with Crippen molar-refractivity contribution >= 4 is 5.91 Å². The van der Waals surface area contributed by atoms with Crippen molar-refractivity contribution in [2.24, 2.45) is 0 Å². The van der Waals surface area contributed by atoms with Crippen LogP contribution in [0.5, 0.6) is 0 Å². The zero-order valence-electron chi connectivity index (χ0n) is 7.40. The highest BCUT2D eigenvalue weighted by molar-refractivity contribution is 5.93. The second-order valence-corrected chi connectivity index (χ2v) is 2.36. The number of hydrogen-bond acceptors (Lipinski definition) is 1. The van der Waals surface area contributed by atoms with Crippen LogP contribution in [0, 0.1) is 11.8 Å². The Balaban J connectivity index is 0. The standard InChI is InChI=1S/C9H15NO.H2/c1-4-7-9(11)10-8(5-2)6-3;/h8H,5-6H2,1-3H3,(H,10,11);1H. The maximum atomic E-state index is 10.9. The largest absolute Gasteiger partial charge is 0.343 e. The van der Waals surface area contributed by atoms with Crippen LogP contribution in [-0.4, -0.2) is 11.9 Å². The molecule has 0 heterocycles. The number of nitrogens with one attached hydrogen (secondary N) is 1. The van der Waals surface area contributed by atoms with Crippen LogP contribution in [0.4, 0.5) is 0 Å². The first-order chi connectivity index (χ1) is 5.24. The molecule has 0 rings (SSSR count). The molecule has 2 heteroatoms. The summed E-state index contributed by atoms with van der Waals surface area (Å²) in [5.41, 5.74) is 0. The van der Waals surface area contributed by atoms with E-state index < -0.39 is 0 Å². The molecule has 0 aromatic rings. The van der Waals surface area contributed by atoms with E-state index in [0.717, 1.165) is 12.8 Å². The van der Waals surface area contributed by atoms with Crippen LogP contribution in [0.1, 0.15) is 35.0 Å². The highest BCUT2D eigenvalue weighted by Crippen LogP contribution is 1.94. The Hall–Kier alpha value is -0.970. The summed E-state index contributed by atoms with van der Waals surface area (Å²) < 4.78 is 0. The summed E-state index contributed by atoms with van der Waals surface area (Å²) in [5, 5.41) is 2.80. The van der Waals surface area contributed by atoms with Crippen molar-refractivity contribution in [1.82, 2.24) is 5.32 Å². The lowest BCUT2D eigenvalue weighted by molar-refractivity contribution is -0.116. The molecule has 0 saturated carbocycles. The summed E-state index contributed by atoms with van der Waals surface area (Å²) in [7, 11) is 0. The summed E-state index contributed by atoms with van der Waals surface area (Å²) in [6, 6.07) is 0.281. The Labute approximate surface area is 69.9 Å². The SMILES string of the molecule is CC#CC(=O)NC(CC)CC.[HH]. The molecule has 64 valence electrons. The molecular weight excluding hydrogens is 138 g/mol. The zero-order valence-corrected chi connectivity index (χ0v) is 7.40. The van der Waals surface area contributed by atoms with Gasteiger partial charge >= 0.3 is 0 Å². The van der Waals surface area contributed by atoms with Crippen LogP contribution in [0.2, 0.25) is 0 Å². The van der Waals surface area contributed by atoms with E-state index in [0.29, 0.717) is 0 Å². The van der Waals surface area contributed by atoms with E-state index in [-0.39, 0.29) is 13.4 Å². The fourth-order valence-electron chi connectivity index (χ4n) is 0.828. The van der Waals surface area contributed by atoms with Crippen LogP contribution < -0.4 is 5.32 Å². The molecule has 0 spiro atoms. The van der Waals surface area contributed by atoms with Gasteiger partial charge in [-0.1, -0.05) is 19.8 Å². The van der Waals surface area contributed by atoms with Crippen molar-refractivity contribution in [3.05, 3.63) is 0 Å². The highest BCUT2D eigenvalue weighted by atomic mass is 16.1. The fraction of sp³-hybridized carbons (Fsp3) is 0.667. The number of carbonyl (C=O) groups excluding carboxylic acids is 1. The molecule has 0 bridgehead atoms. The van der Waals surface area contributed by atoms with Gasteiger partial charge in [-0.2, -0.15) is 0 Å². The Morgan fingerprint density at radius 2 is 2.09 bits per heavy atom. The quantitative estimate of drug-likeness (QED) is 0.616. The van der Waals surface area contributed by atoms with Gasteiger partial charge in [0, 0.05) is 7.47 Å². The second kappa shape index (κ2) is 5.79. The monoisotopic (exact) mass is 155 g/mol. The predicted molar refractivity (Wildman–Crippen MR) is 48.1 cm³/mol. The minimum Gasteiger partial charge on any atom is -0.343 e. The molecule has 0 unspecified atom stereocenters. The Bertz CT molecular complexity index is 177. The lowest BCUT2D eigenvalue weighted by Gasteiger charge is -2.11. The minimum absolute atomic E-state index is 0. The van der Waals surface area contributed by atoms with Crippen LogP contribution in [0.15, 0.2) is 0 Å². The van der Waals surface area contributed by atoms with E-state index in [2.05, 4.69) is 17.2 Å². The van der Waals surface area contributed by atoms with Crippen molar-refractivity contribution in [3.8, 4) is 11.8 Å². The van der Waals surface area contributed by atoms with E-state index in [1.165, 1.54) is 0 Å². The van der Waals surface area contributed by atoms with Crippen molar-refractivity contribution in [3.63, 3.8) is 0 Å². The molecule has 0 saturated heterocycles. The first kappa shape index (κ1) is 10.0. The molecule has 0 aliphatic carbocycles. The maximum Gasteiger partial charge on any atom is 0.296 e. The molecule has 1 N–H and O–H groups in total. The molecule has 0 fully saturated rings. The van der Waals surface area contributed by atoms with Crippen molar-refractivity contribution in [2.45, 2.75) is 39.7 Å². The van der Waals surface area contributed by atoms with Gasteiger partial charge in [0.2, 0.25) is 0 Å². The number of amides is 1. The lowest BCUT2D eigenvalue weighted by Crippen LogP contribution is -2.32. The van der Waals surface area contributed by atoms with Gasteiger partial charge in [0.15, 0.2) is 0 Å². The summed E-state index contributed by atoms with van der Waals surface area (Å²) >= 11 is 0. The molecule has 0 atom stereocenters. The molecule has 0 aliphatic rings. The van der Waals surface area contributed by atoms with Gasteiger partial charge in [0.1, 0.15) is 0 Å². The molecule has 1 amide bonds. The van der Waals surface area contributed by atoms with E-state index >= 15 is 0 Å². The predicted octanol–water partition coefficient (Wildman–Crippen LogP) is 1.56. The lowest BCUT2D eigenvalue weighted by atomic mass is 10.2. The first-order valence-electron chi connectivity index (χ1n) is 3.97. The van der Waals surface area contributed by atoms with Gasteiger partial charge in [-0.25, -0.2) is 0 Å². The molecular formula is C9H17NO. The Kier molecular flexibility index (Phi) is 5.28. The summed E-state index contributed by atoms with van der Waals surface area (Å²) in [4.78, 5) is 10.9.